The van der Waals surface area contributed by atoms with Gasteiger partial charge < -0.3 is 26.0 Å². The number of piperidine rings is 1. The number of guanidine groups is 1. The zero-order valence-corrected chi connectivity index (χ0v) is 17.5. The molecule has 1 aromatic rings. The fourth-order valence-electron chi connectivity index (χ4n) is 4.02. The first-order valence-electron chi connectivity index (χ1n) is 11.0. The quantitative estimate of drug-likeness (QED) is 0.505. The van der Waals surface area contributed by atoms with Gasteiger partial charge in [0, 0.05) is 25.7 Å². The molecule has 1 aromatic carbocycles. The number of amides is 2. The van der Waals surface area contributed by atoms with Crippen molar-refractivity contribution in [3.8, 4) is 5.75 Å². The van der Waals surface area contributed by atoms with Crippen LogP contribution in [0.2, 0.25) is 0 Å². The summed E-state index contributed by atoms with van der Waals surface area (Å²) in [4.78, 5) is 17.7. The van der Waals surface area contributed by atoms with Crippen LogP contribution < -0.4 is 21.1 Å². The fraction of sp³-hybridized carbons (Fsp3) is 0.636. The molecule has 4 N–H and O–H groups in total. The lowest BCUT2D eigenvalue weighted by Crippen LogP contribution is -2.50. The minimum absolute atomic E-state index is 0.296. The van der Waals surface area contributed by atoms with Crippen LogP contribution in [0.1, 0.15) is 57.4 Å². The number of likely N-dealkylation sites (tertiary alicyclic amines) is 1. The molecule has 0 radical (unpaired) electrons. The molecule has 1 heterocycles. The van der Waals surface area contributed by atoms with Gasteiger partial charge in [-0.15, -0.1) is 0 Å². The molecule has 2 aliphatic rings. The number of rotatable bonds is 6. The lowest BCUT2D eigenvalue weighted by atomic mass is 9.98. The number of nitrogens with one attached hydrogen (secondary N) is 2. The third-order valence-corrected chi connectivity index (χ3v) is 5.66. The van der Waals surface area contributed by atoms with Gasteiger partial charge in [0.05, 0.1) is 12.6 Å². The van der Waals surface area contributed by atoms with Crippen molar-refractivity contribution < 1.29 is 9.53 Å². The second-order valence-electron chi connectivity index (χ2n) is 7.96. The standard InChI is InChI=1S/C22H35N5O2/c1-2-24-22(26-18-11-13-27(14-12-18)21(23)28)25-16-17-7-6-10-20(15-17)29-19-8-4-3-5-9-19/h6-7,10,15,18-19H,2-5,8-9,11-14,16H2,1H3,(H2,23,28)(H2,24,25,26). The number of nitrogens with two attached hydrogens (primary N) is 1. The molecular formula is C22H35N5O2. The van der Waals surface area contributed by atoms with Crippen LogP contribution >= 0.6 is 0 Å². The van der Waals surface area contributed by atoms with Crippen molar-refractivity contribution in [3.63, 3.8) is 0 Å². The fourth-order valence-corrected chi connectivity index (χ4v) is 4.02. The highest BCUT2D eigenvalue weighted by Gasteiger charge is 2.21. The number of urea groups is 1. The number of carbonyl (C=O) groups is 1. The van der Waals surface area contributed by atoms with Crippen LogP contribution in [0.4, 0.5) is 4.79 Å². The predicted molar refractivity (Wildman–Crippen MR) is 116 cm³/mol. The second-order valence-corrected chi connectivity index (χ2v) is 7.96. The van der Waals surface area contributed by atoms with E-state index in [0.717, 1.165) is 49.5 Å². The first-order chi connectivity index (χ1) is 14.1. The third kappa shape index (κ3) is 6.84. The minimum Gasteiger partial charge on any atom is -0.490 e. The highest BCUT2D eigenvalue weighted by atomic mass is 16.5. The summed E-state index contributed by atoms with van der Waals surface area (Å²) in [5.74, 6) is 1.75. The van der Waals surface area contributed by atoms with Crippen molar-refractivity contribution in [2.45, 2.75) is 70.6 Å². The van der Waals surface area contributed by atoms with Crippen LogP contribution in [0.15, 0.2) is 29.3 Å². The molecule has 0 unspecified atom stereocenters. The summed E-state index contributed by atoms with van der Waals surface area (Å²) in [5.41, 5.74) is 6.50. The zero-order chi connectivity index (χ0) is 20.5. The molecule has 1 aliphatic carbocycles. The van der Waals surface area contributed by atoms with Gasteiger partial charge in [0.2, 0.25) is 0 Å². The highest BCUT2D eigenvalue weighted by molar-refractivity contribution is 5.80. The molecule has 3 rings (SSSR count). The van der Waals surface area contributed by atoms with E-state index in [1.165, 1.54) is 19.3 Å². The molecule has 2 amide bonds. The molecule has 0 spiro atoms. The van der Waals surface area contributed by atoms with E-state index < -0.39 is 0 Å². The Bertz CT molecular complexity index is 680. The van der Waals surface area contributed by atoms with E-state index in [-0.39, 0.29) is 6.03 Å². The van der Waals surface area contributed by atoms with Gasteiger partial charge in [-0.3, -0.25) is 0 Å². The third-order valence-electron chi connectivity index (χ3n) is 5.66. The van der Waals surface area contributed by atoms with E-state index >= 15 is 0 Å². The summed E-state index contributed by atoms with van der Waals surface area (Å²) < 4.78 is 6.18. The summed E-state index contributed by atoms with van der Waals surface area (Å²) in [6.45, 7) is 4.83. The van der Waals surface area contributed by atoms with Crippen LogP contribution in [0.5, 0.6) is 5.75 Å². The lowest BCUT2D eigenvalue weighted by Gasteiger charge is -2.32. The number of primary amides is 1. The van der Waals surface area contributed by atoms with E-state index in [2.05, 4.69) is 29.7 Å². The Labute approximate surface area is 174 Å². The van der Waals surface area contributed by atoms with E-state index in [9.17, 15) is 4.79 Å². The lowest BCUT2D eigenvalue weighted by molar-refractivity contribution is 0.155. The molecule has 7 heteroatoms. The maximum absolute atomic E-state index is 11.3. The van der Waals surface area contributed by atoms with Crippen molar-refractivity contribution in [1.29, 1.82) is 0 Å². The Kier molecular flexibility index (Phi) is 8.02. The van der Waals surface area contributed by atoms with Crippen LogP contribution in [0.3, 0.4) is 0 Å². The number of benzene rings is 1. The Hall–Kier alpha value is -2.44. The number of hydrogen-bond donors (Lipinski definition) is 3. The normalized spacial score (nSPS) is 19.1. The van der Waals surface area contributed by atoms with Crippen LogP contribution in [0.25, 0.3) is 0 Å². The van der Waals surface area contributed by atoms with Crippen molar-refractivity contribution in [2.24, 2.45) is 10.7 Å². The SMILES string of the molecule is CCNC(=NCc1cccc(OC2CCCCC2)c1)NC1CCN(C(N)=O)CC1. The van der Waals surface area contributed by atoms with Crippen LogP contribution in [-0.2, 0) is 6.54 Å². The monoisotopic (exact) mass is 401 g/mol. The molecule has 0 atom stereocenters. The summed E-state index contributed by atoms with van der Waals surface area (Å²) in [7, 11) is 0. The molecule has 1 saturated heterocycles. The van der Waals surface area contributed by atoms with Crippen LogP contribution in [0, 0.1) is 0 Å². The van der Waals surface area contributed by atoms with E-state index in [0.29, 0.717) is 31.8 Å². The van der Waals surface area contributed by atoms with Gasteiger partial charge in [0.15, 0.2) is 5.96 Å². The first kappa shape index (κ1) is 21.3. The van der Waals surface area contributed by atoms with E-state index in [1.54, 1.807) is 4.90 Å². The summed E-state index contributed by atoms with van der Waals surface area (Å²) in [5, 5.41) is 6.81. The first-order valence-corrected chi connectivity index (χ1v) is 11.0. The van der Waals surface area contributed by atoms with Gasteiger partial charge in [0.1, 0.15) is 5.75 Å². The smallest absolute Gasteiger partial charge is 0.314 e. The molecule has 0 bridgehead atoms. The van der Waals surface area contributed by atoms with E-state index in [4.69, 9.17) is 15.5 Å². The van der Waals surface area contributed by atoms with Crippen molar-refractivity contribution in [3.05, 3.63) is 29.8 Å². The van der Waals surface area contributed by atoms with Gasteiger partial charge in [0.25, 0.3) is 0 Å². The summed E-state index contributed by atoms with van der Waals surface area (Å²) in [6.07, 6.45) is 8.28. The number of ether oxygens (including phenoxy) is 1. The zero-order valence-electron chi connectivity index (χ0n) is 17.5. The van der Waals surface area contributed by atoms with Gasteiger partial charge >= 0.3 is 6.03 Å². The van der Waals surface area contributed by atoms with E-state index in [1.807, 2.05) is 12.1 Å². The summed E-state index contributed by atoms with van der Waals surface area (Å²) >= 11 is 0. The molecular weight excluding hydrogens is 366 g/mol. The average Bonchev–Trinajstić information content (AvgIpc) is 2.74. The molecule has 2 fully saturated rings. The highest BCUT2D eigenvalue weighted by Crippen LogP contribution is 2.24. The molecule has 0 aromatic heterocycles. The molecule has 1 aliphatic heterocycles. The maximum atomic E-state index is 11.3. The number of carbonyl (C=O) groups excluding carboxylic acids is 1. The van der Waals surface area contributed by atoms with Crippen molar-refractivity contribution in [2.75, 3.05) is 19.6 Å². The Balaban J connectivity index is 1.54. The molecule has 160 valence electrons. The molecule has 1 saturated carbocycles. The number of nitrogens with zero attached hydrogens (tertiary/aromatic N) is 2. The largest absolute Gasteiger partial charge is 0.490 e. The van der Waals surface area contributed by atoms with Gasteiger partial charge in [-0.05, 0) is 63.1 Å². The minimum atomic E-state index is -0.334. The predicted octanol–water partition coefficient (Wildman–Crippen LogP) is 3.00. The Morgan fingerprint density at radius 1 is 1.21 bits per heavy atom. The Morgan fingerprint density at radius 2 is 1.97 bits per heavy atom. The van der Waals surface area contributed by atoms with Gasteiger partial charge in [-0.25, -0.2) is 9.79 Å². The maximum Gasteiger partial charge on any atom is 0.314 e. The molecule has 7 nitrogen and oxygen atoms in total. The average molecular weight is 402 g/mol. The van der Waals surface area contributed by atoms with Crippen molar-refractivity contribution in [1.82, 2.24) is 15.5 Å². The molecule has 29 heavy (non-hydrogen) atoms. The number of hydrogen-bond acceptors (Lipinski definition) is 3. The van der Waals surface area contributed by atoms with Crippen molar-refractivity contribution >= 4 is 12.0 Å². The van der Waals surface area contributed by atoms with Crippen LogP contribution in [-0.4, -0.2) is 48.7 Å². The topological polar surface area (TPSA) is 92.0 Å². The Morgan fingerprint density at radius 3 is 2.66 bits per heavy atom. The summed E-state index contributed by atoms with van der Waals surface area (Å²) in [6, 6.07) is 8.24. The van der Waals surface area contributed by atoms with Gasteiger partial charge in [-0.1, -0.05) is 18.6 Å². The number of aliphatic imine (C=N–C) groups is 1. The van der Waals surface area contributed by atoms with Gasteiger partial charge in [-0.2, -0.15) is 0 Å². The second kappa shape index (κ2) is 10.9.